The third-order valence-electron chi connectivity index (χ3n) is 5.26. The van der Waals surface area contributed by atoms with Crippen molar-refractivity contribution >= 4 is 24.2 Å². The van der Waals surface area contributed by atoms with E-state index in [1.807, 2.05) is 30.3 Å². The lowest BCUT2D eigenvalue weighted by Gasteiger charge is -2.37. The maximum Gasteiger partial charge on any atom is 0.406 e. The van der Waals surface area contributed by atoms with Crippen molar-refractivity contribution in [1.82, 2.24) is 9.80 Å². The van der Waals surface area contributed by atoms with E-state index in [9.17, 15) is 22.8 Å². The largest absolute Gasteiger partial charge is 0.406 e. The van der Waals surface area contributed by atoms with Crippen LogP contribution in [0.2, 0.25) is 0 Å². The number of nitrogens with zero attached hydrogens (tertiary/aromatic N) is 2. The molecule has 5 nitrogen and oxygen atoms in total. The fourth-order valence-corrected chi connectivity index (χ4v) is 3.60. The molecule has 9 heteroatoms. The van der Waals surface area contributed by atoms with Crippen LogP contribution in [0.5, 0.6) is 0 Å². The van der Waals surface area contributed by atoms with Gasteiger partial charge in [0, 0.05) is 25.7 Å². The topological polar surface area (TPSA) is 66.6 Å². The number of amides is 2. The number of hydrogen-bond acceptors (Lipinski definition) is 3. The van der Waals surface area contributed by atoms with E-state index in [4.69, 9.17) is 5.73 Å². The van der Waals surface area contributed by atoms with Gasteiger partial charge in [0.1, 0.15) is 6.54 Å². The lowest BCUT2D eigenvalue weighted by molar-refractivity contribution is -0.165. The highest BCUT2D eigenvalue weighted by molar-refractivity contribution is 5.85. The number of piperidine rings is 1. The summed E-state index contributed by atoms with van der Waals surface area (Å²) in [6.45, 7) is 2.61. The van der Waals surface area contributed by atoms with Gasteiger partial charge in [-0.25, -0.2) is 0 Å². The first kappa shape index (κ1) is 25.2. The Morgan fingerprint density at radius 3 is 2.45 bits per heavy atom. The van der Waals surface area contributed by atoms with E-state index < -0.39 is 36.5 Å². The minimum absolute atomic E-state index is 0. The molecular weight excluding hydrogens is 407 g/mol. The molecule has 3 unspecified atom stereocenters. The Hall–Kier alpha value is -1.80. The zero-order valence-corrected chi connectivity index (χ0v) is 17.5. The minimum atomic E-state index is -4.44. The Balaban J connectivity index is 0.00000420. The van der Waals surface area contributed by atoms with E-state index in [-0.39, 0.29) is 31.4 Å². The predicted octanol–water partition coefficient (Wildman–Crippen LogP) is 3.39. The quantitative estimate of drug-likeness (QED) is 0.744. The Labute approximate surface area is 175 Å². The molecule has 0 saturated carbocycles. The van der Waals surface area contributed by atoms with Crippen LogP contribution in [0.15, 0.2) is 30.3 Å². The van der Waals surface area contributed by atoms with E-state index in [1.54, 1.807) is 11.8 Å². The second-order valence-electron chi connectivity index (χ2n) is 7.32. The molecule has 1 aliphatic rings. The molecule has 0 radical (unpaired) electrons. The summed E-state index contributed by atoms with van der Waals surface area (Å²) in [5.74, 6) is -1.82. The molecule has 2 rings (SSSR count). The first-order chi connectivity index (χ1) is 13.1. The highest BCUT2D eigenvalue weighted by atomic mass is 35.5. The second kappa shape index (κ2) is 10.8. The normalized spacial score (nSPS) is 19.1. The van der Waals surface area contributed by atoms with Gasteiger partial charge in [0.05, 0.1) is 11.8 Å². The summed E-state index contributed by atoms with van der Waals surface area (Å²) in [5, 5.41) is 0. The molecule has 2 amide bonds. The summed E-state index contributed by atoms with van der Waals surface area (Å²) in [7, 11) is 0. The summed E-state index contributed by atoms with van der Waals surface area (Å²) < 4.78 is 38.1. The molecule has 1 aromatic carbocycles. The van der Waals surface area contributed by atoms with Crippen molar-refractivity contribution in [3.05, 3.63) is 35.9 Å². The molecule has 1 saturated heterocycles. The van der Waals surface area contributed by atoms with Crippen LogP contribution in [0.4, 0.5) is 13.2 Å². The van der Waals surface area contributed by atoms with Gasteiger partial charge in [0.15, 0.2) is 0 Å². The van der Waals surface area contributed by atoms with Crippen LogP contribution in [0.25, 0.3) is 0 Å². The highest BCUT2D eigenvalue weighted by Gasteiger charge is 2.37. The summed E-state index contributed by atoms with van der Waals surface area (Å²) >= 11 is 0. The highest BCUT2D eigenvalue weighted by Crippen LogP contribution is 2.26. The molecule has 1 aromatic rings. The van der Waals surface area contributed by atoms with Gasteiger partial charge in [0.25, 0.3) is 0 Å². The minimum Gasteiger partial charge on any atom is -0.342 e. The van der Waals surface area contributed by atoms with Crippen LogP contribution < -0.4 is 5.73 Å². The molecule has 29 heavy (non-hydrogen) atoms. The number of likely N-dealkylation sites (tertiary alicyclic amines) is 1. The number of nitrogens with two attached hydrogens (primary N) is 1. The van der Waals surface area contributed by atoms with Crippen LogP contribution in [-0.4, -0.2) is 54.0 Å². The number of alkyl halides is 3. The fraction of sp³-hybridized carbons (Fsp3) is 0.600. The molecule has 0 aromatic heterocycles. The number of hydrogen-bond donors (Lipinski definition) is 1. The Kier molecular flexibility index (Phi) is 9.42. The van der Waals surface area contributed by atoms with Gasteiger partial charge >= 0.3 is 6.18 Å². The van der Waals surface area contributed by atoms with E-state index in [2.05, 4.69) is 0 Å². The molecule has 0 aliphatic carbocycles. The smallest absolute Gasteiger partial charge is 0.342 e. The first-order valence-corrected chi connectivity index (χ1v) is 9.59. The second-order valence-corrected chi connectivity index (χ2v) is 7.32. The van der Waals surface area contributed by atoms with Gasteiger partial charge in [-0.15, -0.1) is 12.4 Å². The van der Waals surface area contributed by atoms with Crippen LogP contribution in [-0.2, 0) is 9.59 Å². The van der Waals surface area contributed by atoms with Crippen molar-refractivity contribution in [2.24, 2.45) is 17.6 Å². The summed E-state index contributed by atoms with van der Waals surface area (Å²) in [6.07, 6.45) is -3.37. The number of rotatable bonds is 6. The lowest BCUT2D eigenvalue weighted by atomic mass is 9.91. The zero-order chi connectivity index (χ0) is 20.9. The summed E-state index contributed by atoms with van der Waals surface area (Å²) in [5.41, 5.74) is 7.07. The van der Waals surface area contributed by atoms with E-state index in [0.29, 0.717) is 19.4 Å². The van der Waals surface area contributed by atoms with Crippen molar-refractivity contribution < 1.29 is 22.8 Å². The molecule has 3 atom stereocenters. The SMILES string of the molecule is CCN(CC(F)(F)F)C(=O)C1CCCN(C(=O)C(C)C(N)c2ccccc2)C1.Cl. The maximum absolute atomic E-state index is 12.9. The number of halogens is 4. The zero-order valence-electron chi connectivity index (χ0n) is 16.7. The lowest BCUT2D eigenvalue weighted by Crippen LogP contribution is -2.50. The third kappa shape index (κ3) is 6.89. The van der Waals surface area contributed by atoms with Gasteiger partial charge in [0.2, 0.25) is 11.8 Å². The van der Waals surface area contributed by atoms with Crippen molar-refractivity contribution in [3.8, 4) is 0 Å². The molecule has 1 aliphatic heterocycles. The summed E-state index contributed by atoms with van der Waals surface area (Å²) in [6, 6.07) is 8.79. The van der Waals surface area contributed by atoms with Crippen LogP contribution in [0.3, 0.4) is 0 Å². The van der Waals surface area contributed by atoms with Crippen LogP contribution in [0.1, 0.15) is 38.3 Å². The van der Waals surface area contributed by atoms with Gasteiger partial charge in [-0.3, -0.25) is 9.59 Å². The monoisotopic (exact) mass is 435 g/mol. The van der Waals surface area contributed by atoms with Crippen molar-refractivity contribution in [2.75, 3.05) is 26.2 Å². The number of carbonyl (C=O) groups is 2. The standard InChI is InChI=1S/C20H28F3N3O2.ClH/c1-3-25(13-20(21,22)23)19(28)16-10-7-11-26(12-16)18(27)14(2)17(24)15-8-5-4-6-9-15;/h4-6,8-9,14,16-17H,3,7,10-13,24H2,1-2H3;1H. The maximum atomic E-state index is 12.9. The molecule has 0 spiro atoms. The van der Waals surface area contributed by atoms with E-state index in [1.165, 1.54) is 6.92 Å². The molecule has 164 valence electrons. The van der Waals surface area contributed by atoms with Crippen molar-refractivity contribution in [3.63, 3.8) is 0 Å². The van der Waals surface area contributed by atoms with Crippen molar-refractivity contribution in [2.45, 2.75) is 38.9 Å². The van der Waals surface area contributed by atoms with Crippen LogP contribution in [0, 0.1) is 11.8 Å². The van der Waals surface area contributed by atoms with Gasteiger partial charge in [-0.2, -0.15) is 13.2 Å². The average Bonchev–Trinajstić information content (AvgIpc) is 2.69. The predicted molar refractivity (Wildman–Crippen MR) is 107 cm³/mol. The van der Waals surface area contributed by atoms with Crippen molar-refractivity contribution in [1.29, 1.82) is 0 Å². The first-order valence-electron chi connectivity index (χ1n) is 9.59. The molecular formula is C20H29ClF3N3O2. The Morgan fingerprint density at radius 2 is 1.90 bits per heavy atom. The van der Waals surface area contributed by atoms with Gasteiger partial charge < -0.3 is 15.5 Å². The molecule has 1 fully saturated rings. The van der Waals surface area contributed by atoms with E-state index >= 15 is 0 Å². The Bertz CT molecular complexity index is 673. The number of carbonyl (C=O) groups excluding carboxylic acids is 2. The Morgan fingerprint density at radius 1 is 1.28 bits per heavy atom. The fourth-order valence-electron chi connectivity index (χ4n) is 3.60. The van der Waals surface area contributed by atoms with E-state index in [0.717, 1.165) is 10.5 Å². The summed E-state index contributed by atoms with van der Waals surface area (Å²) in [4.78, 5) is 27.8. The molecule has 0 bridgehead atoms. The molecule has 2 N–H and O–H groups in total. The average molecular weight is 436 g/mol. The third-order valence-corrected chi connectivity index (χ3v) is 5.26. The molecule has 1 heterocycles. The van der Waals surface area contributed by atoms with Crippen LogP contribution >= 0.6 is 12.4 Å². The van der Waals surface area contributed by atoms with Gasteiger partial charge in [-0.1, -0.05) is 37.3 Å². The van der Waals surface area contributed by atoms with Gasteiger partial charge in [-0.05, 0) is 25.3 Å². The number of benzene rings is 1.